The third-order valence-corrected chi connectivity index (χ3v) is 7.56. The molecule has 0 aliphatic rings. The van der Waals surface area contributed by atoms with Gasteiger partial charge in [-0.05, 0) is 41.8 Å². The van der Waals surface area contributed by atoms with E-state index in [0.717, 1.165) is 16.3 Å². The van der Waals surface area contributed by atoms with Gasteiger partial charge in [0.2, 0.25) is 10.0 Å². The molecule has 0 saturated heterocycles. The van der Waals surface area contributed by atoms with Crippen molar-refractivity contribution in [1.29, 1.82) is 0 Å². The minimum atomic E-state index is -3.71. The molecule has 6 nitrogen and oxygen atoms in total. The van der Waals surface area contributed by atoms with E-state index in [1.165, 1.54) is 27.8 Å². The molecule has 0 fully saturated rings. The Kier molecular flexibility index (Phi) is 8.06. The Balaban J connectivity index is 1.72. The number of hydrogen-bond acceptors (Lipinski definition) is 6. The third-order valence-electron chi connectivity index (χ3n) is 4.86. The van der Waals surface area contributed by atoms with Crippen LogP contribution >= 0.6 is 11.3 Å². The van der Waals surface area contributed by atoms with Crippen molar-refractivity contribution in [3.05, 3.63) is 82.8 Å². The SMILES string of the molecule is C=CCN(Cc1csc(COc2ccccc2C(C)C)n1)S(=O)(=O)c1ccc(OC)cc1. The second-order valence-corrected chi connectivity index (χ2v) is 10.4. The number of benzene rings is 2. The molecular formula is C24H28N2O4S2. The number of thiazole rings is 1. The molecule has 2 aromatic carbocycles. The van der Waals surface area contributed by atoms with Crippen LogP contribution in [-0.2, 0) is 23.2 Å². The summed E-state index contributed by atoms with van der Waals surface area (Å²) in [7, 11) is -2.17. The van der Waals surface area contributed by atoms with E-state index in [1.54, 1.807) is 25.3 Å². The number of aromatic nitrogens is 1. The lowest BCUT2D eigenvalue weighted by Gasteiger charge is -2.20. The van der Waals surface area contributed by atoms with Crippen molar-refractivity contribution in [2.75, 3.05) is 13.7 Å². The fourth-order valence-corrected chi connectivity index (χ4v) is 5.26. The van der Waals surface area contributed by atoms with Crippen molar-refractivity contribution >= 4 is 21.4 Å². The average molecular weight is 473 g/mol. The highest BCUT2D eigenvalue weighted by atomic mass is 32.2. The van der Waals surface area contributed by atoms with Crippen molar-refractivity contribution in [2.45, 2.75) is 37.8 Å². The summed E-state index contributed by atoms with van der Waals surface area (Å²) in [5.74, 6) is 1.80. The zero-order chi connectivity index (χ0) is 23.1. The summed E-state index contributed by atoms with van der Waals surface area (Å²) in [6.45, 7) is 8.62. The molecule has 1 heterocycles. The summed E-state index contributed by atoms with van der Waals surface area (Å²) in [6, 6.07) is 14.3. The number of sulfonamides is 1. The molecule has 0 radical (unpaired) electrons. The molecule has 0 spiro atoms. The molecule has 0 unspecified atom stereocenters. The first-order chi connectivity index (χ1) is 15.3. The van der Waals surface area contributed by atoms with Gasteiger partial charge in [0.15, 0.2) is 0 Å². The van der Waals surface area contributed by atoms with Gasteiger partial charge in [-0.3, -0.25) is 0 Å². The monoisotopic (exact) mass is 472 g/mol. The maximum absolute atomic E-state index is 13.1. The van der Waals surface area contributed by atoms with Gasteiger partial charge in [-0.25, -0.2) is 13.4 Å². The number of nitrogens with zero attached hydrogens (tertiary/aromatic N) is 2. The summed E-state index contributed by atoms with van der Waals surface area (Å²) in [4.78, 5) is 4.79. The summed E-state index contributed by atoms with van der Waals surface area (Å²) < 4.78 is 38.7. The summed E-state index contributed by atoms with van der Waals surface area (Å²) in [5.41, 5.74) is 1.82. The summed E-state index contributed by atoms with van der Waals surface area (Å²) in [5, 5.41) is 2.66. The second-order valence-electron chi connectivity index (χ2n) is 7.48. The van der Waals surface area contributed by atoms with Crippen molar-refractivity contribution in [2.24, 2.45) is 0 Å². The average Bonchev–Trinajstić information content (AvgIpc) is 3.25. The Hall–Kier alpha value is -2.68. The molecule has 0 aliphatic carbocycles. The molecule has 0 amide bonds. The molecule has 0 saturated carbocycles. The van der Waals surface area contributed by atoms with E-state index in [9.17, 15) is 8.42 Å². The van der Waals surface area contributed by atoms with Gasteiger partial charge in [-0.1, -0.05) is 38.1 Å². The minimum Gasteiger partial charge on any atom is -0.497 e. The fraction of sp³-hybridized carbons (Fsp3) is 0.292. The van der Waals surface area contributed by atoms with E-state index in [1.807, 2.05) is 23.6 Å². The van der Waals surface area contributed by atoms with Crippen LogP contribution in [0.25, 0.3) is 0 Å². The standard InChI is InChI=1S/C24H28N2O4S2/c1-5-14-26(32(27,28)21-12-10-20(29-4)11-13-21)15-19-17-31-24(25-19)16-30-23-9-7-6-8-22(23)18(2)3/h5-13,17-18H,1,14-16H2,2-4H3. The Morgan fingerprint density at radius 3 is 2.53 bits per heavy atom. The first-order valence-electron chi connectivity index (χ1n) is 10.2. The molecule has 0 aliphatic heterocycles. The van der Waals surface area contributed by atoms with Crippen LogP contribution < -0.4 is 9.47 Å². The van der Waals surface area contributed by atoms with E-state index >= 15 is 0 Å². The number of para-hydroxylation sites is 1. The van der Waals surface area contributed by atoms with Gasteiger partial charge < -0.3 is 9.47 Å². The maximum Gasteiger partial charge on any atom is 0.243 e. The summed E-state index contributed by atoms with van der Waals surface area (Å²) in [6.07, 6.45) is 1.57. The van der Waals surface area contributed by atoms with Gasteiger partial charge in [0, 0.05) is 11.9 Å². The highest BCUT2D eigenvalue weighted by Gasteiger charge is 2.24. The Morgan fingerprint density at radius 1 is 1.16 bits per heavy atom. The molecule has 170 valence electrons. The normalized spacial score (nSPS) is 11.7. The molecule has 1 aromatic heterocycles. The highest BCUT2D eigenvalue weighted by molar-refractivity contribution is 7.89. The van der Waals surface area contributed by atoms with Gasteiger partial charge in [0.1, 0.15) is 23.1 Å². The Labute approximate surface area is 194 Å². The predicted octanol–water partition coefficient (Wildman–Crippen LogP) is 5.23. The lowest BCUT2D eigenvalue weighted by atomic mass is 10.0. The van der Waals surface area contributed by atoms with Crippen LogP contribution in [0.4, 0.5) is 0 Å². The van der Waals surface area contributed by atoms with Crippen LogP contribution in [0, 0.1) is 0 Å². The van der Waals surface area contributed by atoms with E-state index in [4.69, 9.17) is 9.47 Å². The lowest BCUT2D eigenvalue weighted by Crippen LogP contribution is -2.31. The van der Waals surface area contributed by atoms with Crippen molar-refractivity contribution in [3.63, 3.8) is 0 Å². The second kappa shape index (κ2) is 10.8. The Bertz CT molecular complexity index is 1140. The van der Waals surface area contributed by atoms with Crippen LogP contribution in [0.3, 0.4) is 0 Å². The van der Waals surface area contributed by atoms with E-state index in [2.05, 4.69) is 31.5 Å². The van der Waals surface area contributed by atoms with Crippen molar-refractivity contribution < 1.29 is 17.9 Å². The van der Waals surface area contributed by atoms with Gasteiger partial charge in [-0.15, -0.1) is 17.9 Å². The number of ether oxygens (including phenoxy) is 2. The fourth-order valence-electron chi connectivity index (χ4n) is 3.19. The van der Waals surface area contributed by atoms with E-state index in [-0.39, 0.29) is 18.0 Å². The quantitative estimate of drug-likeness (QED) is 0.357. The molecule has 3 rings (SSSR count). The predicted molar refractivity (Wildman–Crippen MR) is 128 cm³/mol. The molecule has 0 N–H and O–H groups in total. The third kappa shape index (κ3) is 5.76. The molecule has 3 aromatic rings. The molecular weight excluding hydrogens is 444 g/mol. The topological polar surface area (TPSA) is 68.7 Å². The molecule has 8 heteroatoms. The van der Waals surface area contributed by atoms with Gasteiger partial charge in [0.25, 0.3) is 0 Å². The van der Waals surface area contributed by atoms with Crippen LogP contribution in [0.1, 0.15) is 36.0 Å². The molecule has 0 bridgehead atoms. The van der Waals surface area contributed by atoms with Gasteiger partial charge >= 0.3 is 0 Å². The van der Waals surface area contributed by atoms with Crippen LogP contribution in [-0.4, -0.2) is 31.4 Å². The first kappa shape index (κ1) is 24.0. The minimum absolute atomic E-state index is 0.152. The Morgan fingerprint density at radius 2 is 1.88 bits per heavy atom. The molecule has 32 heavy (non-hydrogen) atoms. The van der Waals surface area contributed by atoms with Gasteiger partial charge in [0.05, 0.1) is 24.2 Å². The van der Waals surface area contributed by atoms with Crippen LogP contribution in [0.15, 0.2) is 71.5 Å². The largest absolute Gasteiger partial charge is 0.497 e. The van der Waals surface area contributed by atoms with Gasteiger partial charge in [-0.2, -0.15) is 4.31 Å². The van der Waals surface area contributed by atoms with Crippen LogP contribution in [0.5, 0.6) is 11.5 Å². The van der Waals surface area contributed by atoms with Crippen molar-refractivity contribution in [1.82, 2.24) is 9.29 Å². The summed E-state index contributed by atoms with van der Waals surface area (Å²) >= 11 is 1.45. The highest BCUT2D eigenvalue weighted by Crippen LogP contribution is 2.27. The van der Waals surface area contributed by atoms with Crippen molar-refractivity contribution in [3.8, 4) is 11.5 Å². The smallest absolute Gasteiger partial charge is 0.243 e. The number of methoxy groups -OCH3 is 1. The van der Waals surface area contributed by atoms with E-state index < -0.39 is 10.0 Å². The molecule has 0 atom stereocenters. The number of rotatable bonds is 11. The zero-order valence-corrected chi connectivity index (χ0v) is 20.2. The van der Waals surface area contributed by atoms with Crippen LogP contribution in [0.2, 0.25) is 0 Å². The number of hydrogen-bond donors (Lipinski definition) is 0. The zero-order valence-electron chi connectivity index (χ0n) is 18.5. The lowest BCUT2D eigenvalue weighted by molar-refractivity contribution is 0.300. The first-order valence-corrected chi connectivity index (χ1v) is 12.6. The maximum atomic E-state index is 13.1. The van der Waals surface area contributed by atoms with E-state index in [0.29, 0.717) is 24.0 Å².